The van der Waals surface area contributed by atoms with E-state index in [-0.39, 0.29) is 6.54 Å². The number of halogens is 2. The molecule has 0 amide bonds. The number of likely N-dealkylation sites (tertiary alicyclic amines) is 2. The third-order valence-corrected chi connectivity index (χ3v) is 5.04. The minimum Gasteiger partial charge on any atom is -0.357 e. The van der Waals surface area contributed by atoms with Crippen molar-refractivity contribution in [1.82, 2.24) is 15.1 Å². The van der Waals surface area contributed by atoms with Crippen LogP contribution >= 0.6 is 0 Å². The predicted molar refractivity (Wildman–Crippen MR) is 96.5 cm³/mol. The van der Waals surface area contributed by atoms with Crippen molar-refractivity contribution in [3.63, 3.8) is 0 Å². The molecule has 0 bridgehead atoms. The van der Waals surface area contributed by atoms with Gasteiger partial charge in [-0.2, -0.15) is 0 Å². The highest BCUT2D eigenvalue weighted by atomic mass is 19.1. The molecular weight excluding hydrogens is 322 g/mol. The van der Waals surface area contributed by atoms with Gasteiger partial charge in [0.15, 0.2) is 5.96 Å². The fourth-order valence-electron chi connectivity index (χ4n) is 3.75. The third-order valence-electron chi connectivity index (χ3n) is 5.04. The summed E-state index contributed by atoms with van der Waals surface area (Å²) < 4.78 is 27.1. The summed E-state index contributed by atoms with van der Waals surface area (Å²) in [5.41, 5.74) is 0.295. The van der Waals surface area contributed by atoms with Gasteiger partial charge >= 0.3 is 0 Å². The van der Waals surface area contributed by atoms with Crippen LogP contribution in [0, 0.1) is 17.6 Å². The van der Waals surface area contributed by atoms with Crippen LogP contribution in [0.25, 0.3) is 0 Å². The molecule has 1 unspecified atom stereocenters. The summed E-state index contributed by atoms with van der Waals surface area (Å²) in [6.45, 7) is 8.50. The van der Waals surface area contributed by atoms with Crippen LogP contribution in [0.5, 0.6) is 0 Å². The lowest BCUT2D eigenvalue weighted by Gasteiger charge is -2.23. The van der Waals surface area contributed by atoms with Crippen LogP contribution in [-0.4, -0.2) is 55.0 Å². The molecular formula is C19H28F2N4. The summed E-state index contributed by atoms with van der Waals surface area (Å²) in [7, 11) is 0. The number of nitrogens with zero attached hydrogens (tertiary/aromatic N) is 3. The van der Waals surface area contributed by atoms with E-state index < -0.39 is 11.6 Å². The third kappa shape index (κ3) is 4.91. The first-order chi connectivity index (χ1) is 12.2. The first kappa shape index (κ1) is 18.1. The molecule has 2 aliphatic rings. The van der Waals surface area contributed by atoms with Crippen LogP contribution in [0.2, 0.25) is 0 Å². The van der Waals surface area contributed by atoms with Crippen LogP contribution in [0.1, 0.15) is 31.7 Å². The molecule has 1 aromatic rings. The highest BCUT2D eigenvalue weighted by molar-refractivity contribution is 5.80. The largest absolute Gasteiger partial charge is 0.357 e. The van der Waals surface area contributed by atoms with Crippen molar-refractivity contribution < 1.29 is 8.78 Å². The fraction of sp³-hybridized carbons (Fsp3) is 0.632. The van der Waals surface area contributed by atoms with Gasteiger partial charge in [-0.15, -0.1) is 0 Å². The Labute approximate surface area is 148 Å². The van der Waals surface area contributed by atoms with Gasteiger partial charge in [0.25, 0.3) is 0 Å². The zero-order valence-corrected chi connectivity index (χ0v) is 15.0. The standard InChI is InChI=1S/C19H28F2N4/c1-2-22-19(23-12-16-11-17(20)5-6-18(16)21)25-10-7-15(14-25)13-24-8-3-4-9-24/h5-6,11,15H,2-4,7-10,12-14H2,1H3,(H,22,23). The second-order valence-corrected chi connectivity index (χ2v) is 7.01. The fourth-order valence-corrected chi connectivity index (χ4v) is 3.75. The van der Waals surface area contributed by atoms with Crippen LogP contribution in [0.3, 0.4) is 0 Å². The number of aliphatic imine (C=N–C) groups is 1. The minimum atomic E-state index is -0.427. The number of rotatable bonds is 5. The van der Waals surface area contributed by atoms with Crippen molar-refractivity contribution in [2.45, 2.75) is 32.7 Å². The molecule has 25 heavy (non-hydrogen) atoms. The predicted octanol–water partition coefficient (Wildman–Crippen LogP) is 2.85. The van der Waals surface area contributed by atoms with Crippen LogP contribution in [0.15, 0.2) is 23.2 Å². The van der Waals surface area contributed by atoms with E-state index in [0.29, 0.717) is 11.5 Å². The normalized spacial score (nSPS) is 22.0. The molecule has 1 aromatic carbocycles. The quantitative estimate of drug-likeness (QED) is 0.654. The maximum Gasteiger partial charge on any atom is 0.194 e. The molecule has 138 valence electrons. The van der Waals surface area contributed by atoms with Crippen LogP contribution in [0.4, 0.5) is 8.78 Å². The molecule has 0 saturated carbocycles. The van der Waals surface area contributed by atoms with Crippen molar-refractivity contribution in [2.24, 2.45) is 10.9 Å². The number of guanidine groups is 1. The Kier molecular flexibility index (Phi) is 6.24. The average molecular weight is 350 g/mol. The van der Waals surface area contributed by atoms with Crippen molar-refractivity contribution in [3.05, 3.63) is 35.4 Å². The van der Waals surface area contributed by atoms with E-state index in [2.05, 4.69) is 20.1 Å². The summed E-state index contributed by atoms with van der Waals surface area (Å²) in [5.74, 6) is 0.626. The minimum absolute atomic E-state index is 0.152. The molecule has 0 spiro atoms. The Balaban J connectivity index is 1.61. The second kappa shape index (κ2) is 8.61. The SMILES string of the molecule is CCNC(=NCc1cc(F)ccc1F)N1CCC(CN2CCCC2)C1. The van der Waals surface area contributed by atoms with Gasteiger partial charge in [-0.3, -0.25) is 0 Å². The van der Waals surface area contributed by atoms with E-state index in [4.69, 9.17) is 0 Å². The average Bonchev–Trinajstić information content (AvgIpc) is 3.27. The van der Waals surface area contributed by atoms with E-state index in [1.807, 2.05) is 6.92 Å². The Morgan fingerprint density at radius 3 is 2.80 bits per heavy atom. The van der Waals surface area contributed by atoms with Crippen molar-refractivity contribution in [3.8, 4) is 0 Å². The Bertz CT molecular complexity index is 599. The molecule has 1 atom stereocenters. The van der Waals surface area contributed by atoms with Gasteiger partial charge in [-0.1, -0.05) is 0 Å². The maximum atomic E-state index is 13.8. The molecule has 2 saturated heterocycles. The van der Waals surface area contributed by atoms with Crippen LogP contribution < -0.4 is 5.32 Å². The van der Waals surface area contributed by atoms with Crippen molar-refractivity contribution in [1.29, 1.82) is 0 Å². The summed E-state index contributed by atoms with van der Waals surface area (Å²) in [6.07, 6.45) is 3.80. The zero-order chi connectivity index (χ0) is 17.6. The van der Waals surface area contributed by atoms with E-state index in [1.165, 1.54) is 32.0 Å². The molecule has 6 heteroatoms. The molecule has 2 heterocycles. The van der Waals surface area contributed by atoms with Crippen molar-refractivity contribution >= 4 is 5.96 Å². The number of hydrogen-bond acceptors (Lipinski definition) is 2. The topological polar surface area (TPSA) is 30.9 Å². The van der Waals surface area contributed by atoms with Gasteiger partial charge in [0, 0.05) is 31.7 Å². The highest BCUT2D eigenvalue weighted by Gasteiger charge is 2.27. The Morgan fingerprint density at radius 1 is 1.24 bits per heavy atom. The van der Waals surface area contributed by atoms with Gasteiger partial charge in [0.2, 0.25) is 0 Å². The number of nitrogens with one attached hydrogen (secondary N) is 1. The zero-order valence-electron chi connectivity index (χ0n) is 15.0. The van der Waals surface area contributed by atoms with E-state index in [9.17, 15) is 8.78 Å². The summed E-state index contributed by atoms with van der Waals surface area (Å²) in [4.78, 5) is 9.35. The molecule has 0 aliphatic carbocycles. The second-order valence-electron chi connectivity index (χ2n) is 7.01. The van der Waals surface area contributed by atoms with Gasteiger partial charge in [-0.25, -0.2) is 13.8 Å². The van der Waals surface area contributed by atoms with E-state index in [0.717, 1.165) is 50.7 Å². The van der Waals surface area contributed by atoms with Crippen LogP contribution in [-0.2, 0) is 6.54 Å². The smallest absolute Gasteiger partial charge is 0.194 e. The lowest BCUT2D eigenvalue weighted by molar-refractivity contribution is 0.281. The molecule has 2 fully saturated rings. The highest BCUT2D eigenvalue weighted by Crippen LogP contribution is 2.20. The molecule has 1 N–H and O–H groups in total. The monoisotopic (exact) mass is 350 g/mol. The van der Waals surface area contributed by atoms with Crippen molar-refractivity contribution in [2.75, 3.05) is 39.3 Å². The first-order valence-electron chi connectivity index (χ1n) is 9.35. The summed E-state index contributed by atoms with van der Waals surface area (Å²) >= 11 is 0. The van der Waals surface area contributed by atoms with Gasteiger partial charge in [0.05, 0.1) is 6.54 Å². The molecule has 0 radical (unpaired) electrons. The summed E-state index contributed by atoms with van der Waals surface area (Å²) in [6, 6.07) is 3.52. The van der Waals surface area contributed by atoms with Gasteiger partial charge in [0.1, 0.15) is 11.6 Å². The molecule has 0 aromatic heterocycles. The molecule has 2 aliphatic heterocycles. The molecule has 4 nitrogen and oxygen atoms in total. The molecule has 3 rings (SSSR count). The Morgan fingerprint density at radius 2 is 2.04 bits per heavy atom. The number of hydrogen-bond donors (Lipinski definition) is 1. The number of benzene rings is 1. The summed E-state index contributed by atoms with van der Waals surface area (Å²) in [5, 5.41) is 3.29. The lowest BCUT2D eigenvalue weighted by Crippen LogP contribution is -2.40. The lowest BCUT2D eigenvalue weighted by atomic mass is 10.1. The van der Waals surface area contributed by atoms with E-state index in [1.54, 1.807) is 0 Å². The van der Waals surface area contributed by atoms with Gasteiger partial charge < -0.3 is 15.1 Å². The Hall–Kier alpha value is -1.69. The first-order valence-corrected chi connectivity index (χ1v) is 9.35. The van der Waals surface area contributed by atoms with Gasteiger partial charge in [-0.05, 0) is 63.4 Å². The maximum absolute atomic E-state index is 13.8. The van der Waals surface area contributed by atoms with E-state index >= 15 is 0 Å².